The standard InChI is InChI=1S/C25H28FN3O3/c1-3-11-29(24(30)19-8-6-7-18(2)16-19)17-21-23(20-9-4-5-10-22(20)26)27-32-25(21)28-12-14-31-15-13-28/h4-10,16H,3,11-15,17H2,1-2H3. The molecule has 1 amide bonds. The van der Waals surface area contributed by atoms with Crippen LogP contribution in [0.15, 0.2) is 53.1 Å². The molecule has 0 aliphatic carbocycles. The van der Waals surface area contributed by atoms with Gasteiger partial charge in [-0.3, -0.25) is 4.79 Å². The summed E-state index contributed by atoms with van der Waals surface area (Å²) in [4.78, 5) is 17.2. The number of hydrogen-bond acceptors (Lipinski definition) is 5. The van der Waals surface area contributed by atoms with E-state index in [1.54, 1.807) is 23.1 Å². The first-order valence-corrected chi connectivity index (χ1v) is 11.0. The monoisotopic (exact) mass is 437 g/mol. The van der Waals surface area contributed by atoms with E-state index < -0.39 is 0 Å². The highest BCUT2D eigenvalue weighted by Gasteiger charge is 2.28. The minimum atomic E-state index is -0.373. The molecule has 0 unspecified atom stereocenters. The molecule has 0 radical (unpaired) electrons. The van der Waals surface area contributed by atoms with E-state index in [1.807, 2.05) is 38.1 Å². The van der Waals surface area contributed by atoms with Crippen LogP contribution in [0.3, 0.4) is 0 Å². The van der Waals surface area contributed by atoms with Gasteiger partial charge in [-0.05, 0) is 37.6 Å². The fourth-order valence-corrected chi connectivity index (χ4v) is 4.00. The third-order valence-electron chi connectivity index (χ3n) is 5.59. The average molecular weight is 438 g/mol. The topological polar surface area (TPSA) is 58.8 Å². The van der Waals surface area contributed by atoms with Gasteiger partial charge in [0.25, 0.3) is 5.91 Å². The Morgan fingerprint density at radius 2 is 1.94 bits per heavy atom. The zero-order chi connectivity index (χ0) is 22.5. The van der Waals surface area contributed by atoms with Crippen molar-refractivity contribution < 1.29 is 18.4 Å². The summed E-state index contributed by atoms with van der Waals surface area (Å²) in [6.45, 7) is 7.30. The molecule has 168 valence electrons. The van der Waals surface area contributed by atoms with Gasteiger partial charge in [0.15, 0.2) is 0 Å². The van der Waals surface area contributed by atoms with E-state index in [0.717, 1.165) is 12.0 Å². The van der Waals surface area contributed by atoms with E-state index in [9.17, 15) is 9.18 Å². The smallest absolute Gasteiger partial charge is 0.254 e. The van der Waals surface area contributed by atoms with Crippen molar-refractivity contribution in [2.24, 2.45) is 0 Å². The zero-order valence-corrected chi connectivity index (χ0v) is 18.5. The number of benzene rings is 2. The minimum absolute atomic E-state index is 0.0656. The van der Waals surface area contributed by atoms with Crippen LogP contribution in [0.5, 0.6) is 0 Å². The Morgan fingerprint density at radius 3 is 2.66 bits per heavy atom. The fourth-order valence-electron chi connectivity index (χ4n) is 4.00. The predicted molar refractivity (Wildman–Crippen MR) is 121 cm³/mol. The summed E-state index contributed by atoms with van der Waals surface area (Å²) in [7, 11) is 0. The molecule has 1 aliphatic heterocycles. The Morgan fingerprint density at radius 1 is 1.16 bits per heavy atom. The van der Waals surface area contributed by atoms with Crippen molar-refractivity contribution in [3.05, 3.63) is 71.0 Å². The fraction of sp³-hybridized carbons (Fsp3) is 0.360. The largest absolute Gasteiger partial charge is 0.378 e. The van der Waals surface area contributed by atoms with Crippen molar-refractivity contribution in [3.8, 4) is 11.3 Å². The molecule has 1 saturated heterocycles. The summed E-state index contributed by atoms with van der Waals surface area (Å²) in [6.07, 6.45) is 0.796. The zero-order valence-electron chi connectivity index (χ0n) is 18.5. The summed E-state index contributed by atoms with van der Waals surface area (Å²) in [5, 5.41) is 4.25. The molecule has 2 heterocycles. The maximum Gasteiger partial charge on any atom is 0.254 e. The van der Waals surface area contributed by atoms with E-state index in [4.69, 9.17) is 9.26 Å². The van der Waals surface area contributed by atoms with Gasteiger partial charge in [-0.2, -0.15) is 0 Å². The molecule has 7 heteroatoms. The van der Waals surface area contributed by atoms with Gasteiger partial charge >= 0.3 is 0 Å². The van der Waals surface area contributed by atoms with Gasteiger partial charge < -0.3 is 19.1 Å². The summed E-state index contributed by atoms with van der Waals surface area (Å²) in [5.41, 5.74) is 3.17. The first-order chi connectivity index (χ1) is 15.6. The number of rotatable bonds is 7. The van der Waals surface area contributed by atoms with Crippen LogP contribution < -0.4 is 4.90 Å². The highest BCUT2D eigenvalue weighted by Crippen LogP contribution is 2.34. The molecular formula is C25H28FN3O3. The molecule has 2 aromatic carbocycles. The Kier molecular flexibility index (Phi) is 6.85. The number of aryl methyl sites for hydroxylation is 1. The lowest BCUT2D eigenvalue weighted by Gasteiger charge is -2.28. The van der Waals surface area contributed by atoms with Crippen LogP contribution in [0.4, 0.5) is 10.3 Å². The van der Waals surface area contributed by atoms with E-state index in [-0.39, 0.29) is 18.3 Å². The van der Waals surface area contributed by atoms with Gasteiger partial charge in [-0.1, -0.05) is 41.9 Å². The third kappa shape index (κ3) is 4.67. The van der Waals surface area contributed by atoms with Crippen LogP contribution in [-0.2, 0) is 11.3 Å². The molecule has 32 heavy (non-hydrogen) atoms. The Bertz CT molecular complexity index is 1080. The highest BCUT2D eigenvalue weighted by molar-refractivity contribution is 5.94. The van der Waals surface area contributed by atoms with Crippen LogP contribution in [0.2, 0.25) is 0 Å². The van der Waals surface area contributed by atoms with Crippen LogP contribution in [0, 0.1) is 12.7 Å². The molecule has 1 fully saturated rings. The first-order valence-electron chi connectivity index (χ1n) is 11.0. The van der Waals surface area contributed by atoms with Gasteiger partial charge in [0.2, 0.25) is 5.88 Å². The van der Waals surface area contributed by atoms with Gasteiger partial charge in [0.1, 0.15) is 11.5 Å². The number of anilines is 1. The van der Waals surface area contributed by atoms with E-state index in [0.29, 0.717) is 61.1 Å². The van der Waals surface area contributed by atoms with Crippen LogP contribution >= 0.6 is 0 Å². The lowest BCUT2D eigenvalue weighted by atomic mass is 10.0. The van der Waals surface area contributed by atoms with Crippen molar-refractivity contribution in [3.63, 3.8) is 0 Å². The summed E-state index contributed by atoms with van der Waals surface area (Å²) in [6, 6.07) is 14.1. The van der Waals surface area contributed by atoms with E-state index in [1.165, 1.54) is 6.07 Å². The van der Waals surface area contributed by atoms with E-state index >= 15 is 0 Å². The van der Waals surface area contributed by atoms with Gasteiger partial charge in [-0.15, -0.1) is 0 Å². The molecule has 3 aromatic rings. The quantitative estimate of drug-likeness (QED) is 0.537. The molecule has 1 aromatic heterocycles. The predicted octanol–water partition coefficient (Wildman–Crippen LogP) is 4.68. The molecule has 0 spiro atoms. The number of carbonyl (C=O) groups is 1. The summed E-state index contributed by atoms with van der Waals surface area (Å²) < 4.78 is 25.9. The minimum Gasteiger partial charge on any atom is -0.378 e. The molecule has 0 bridgehead atoms. The van der Waals surface area contributed by atoms with Crippen molar-refractivity contribution in [1.82, 2.24) is 10.1 Å². The number of ether oxygens (including phenoxy) is 1. The maximum atomic E-state index is 14.7. The first kappa shape index (κ1) is 22.0. The van der Waals surface area contributed by atoms with Crippen molar-refractivity contribution >= 4 is 11.8 Å². The Labute approximate surface area is 187 Å². The number of halogens is 1. The number of carbonyl (C=O) groups excluding carboxylic acids is 1. The van der Waals surface area contributed by atoms with Gasteiger partial charge in [0, 0.05) is 30.8 Å². The number of morpholine rings is 1. The second-order valence-electron chi connectivity index (χ2n) is 7.99. The molecule has 6 nitrogen and oxygen atoms in total. The molecule has 0 N–H and O–H groups in total. The lowest BCUT2D eigenvalue weighted by Crippen LogP contribution is -2.37. The van der Waals surface area contributed by atoms with Crippen LogP contribution in [-0.4, -0.2) is 48.8 Å². The highest BCUT2D eigenvalue weighted by atomic mass is 19.1. The summed E-state index contributed by atoms with van der Waals surface area (Å²) >= 11 is 0. The molecule has 4 rings (SSSR count). The molecule has 1 aliphatic rings. The number of aromatic nitrogens is 1. The third-order valence-corrected chi connectivity index (χ3v) is 5.59. The SMILES string of the molecule is CCCN(Cc1c(-c2ccccc2F)noc1N1CCOCC1)C(=O)c1cccc(C)c1. The maximum absolute atomic E-state index is 14.7. The molecular weight excluding hydrogens is 409 g/mol. The number of nitrogens with zero attached hydrogens (tertiary/aromatic N) is 3. The van der Waals surface area contributed by atoms with Crippen molar-refractivity contribution in [2.45, 2.75) is 26.8 Å². The Hall–Kier alpha value is -3.19. The van der Waals surface area contributed by atoms with Gasteiger partial charge in [-0.25, -0.2) is 4.39 Å². The lowest BCUT2D eigenvalue weighted by molar-refractivity contribution is 0.0743. The second kappa shape index (κ2) is 9.96. The number of hydrogen-bond donors (Lipinski definition) is 0. The van der Waals surface area contributed by atoms with Crippen LogP contribution in [0.1, 0.15) is 34.8 Å². The van der Waals surface area contributed by atoms with Crippen molar-refractivity contribution in [1.29, 1.82) is 0 Å². The Balaban J connectivity index is 1.74. The molecule has 0 saturated carbocycles. The number of amides is 1. The van der Waals surface area contributed by atoms with Gasteiger partial charge in [0.05, 0.1) is 25.3 Å². The van der Waals surface area contributed by atoms with Crippen molar-refractivity contribution in [2.75, 3.05) is 37.7 Å². The van der Waals surface area contributed by atoms with Crippen LogP contribution in [0.25, 0.3) is 11.3 Å². The normalized spacial score (nSPS) is 13.9. The average Bonchev–Trinajstić information content (AvgIpc) is 3.22. The summed E-state index contributed by atoms with van der Waals surface area (Å²) in [5.74, 6) is 0.136. The second-order valence-corrected chi connectivity index (χ2v) is 7.99. The molecule has 0 atom stereocenters. The van der Waals surface area contributed by atoms with E-state index in [2.05, 4.69) is 10.1 Å².